The average Bonchev–Trinajstić information content (AvgIpc) is 2.93. The molecule has 1 aliphatic rings. The van der Waals surface area contributed by atoms with Gasteiger partial charge in [-0.1, -0.05) is 45.0 Å². The van der Waals surface area contributed by atoms with Crippen LogP contribution < -0.4 is 9.64 Å². The van der Waals surface area contributed by atoms with E-state index in [1.54, 1.807) is 11.3 Å². The first-order valence-electron chi connectivity index (χ1n) is 9.04. The van der Waals surface area contributed by atoms with E-state index in [2.05, 4.69) is 82.2 Å². The minimum atomic E-state index is 0.141. The highest BCUT2D eigenvalue weighted by Crippen LogP contribution is 2.55. The number of thiophene rings is 1. The molecular formula is C23H25NOS. The second-order valence-electron chi connectivity index (χ2n) is 8.17. The minimum Gasteiger partial charge on any atom is -0.452 e. The molecule has 0 radical (unpaired) electrons. The molecule has 0 N–H and O–H groups in total. The average molecular weight is 364 g/mol. The highest BCUT2D eigenvalue weighted by molar-refractivity contribution is 7.15. The van der Waals surface area contributed by atoms with Gasteiger partial charge >= 0.3 is 0 Å². The molecule has 134 valence electrons. The van der Waals surface area contributed by atoms with Crippen molar-refractivity contribution in [1.82, 2.24) is 0 Å². The molecule has 3 aromatic rings. The van der Waals surface area contributed by atoms with Crippen LogP contribution in [0.15, 0.2) is 41.8 Å². The number of anilines is 3. The maximum absolute atomic E-state index is 6.23. The SMILES string of the molecule is Cc1csc2c1Oc1ccccc1N2c1c(C)cc(C(C)(C)C)cc1C. The van der Waals surface area contributed by atoms with Crippen molar-refractivity contribution in [3.63, 3.8) is 0 Å². The lowest BCUT2D eigenvalue weighted by Crippen LogP contribution is -2.18. The molecule has 2 aromatic carbocycles. The Morgan fingerprint density at radius 2 is 1.58 bits per heavy atom. The Hall–Kier alpha value is -2.26. The summed E-state index contributed by atoms with van der Waals surface area (Å²) in [5, 5.41) is 3.34. The van der Waals surface area contributed by atoms with E-state index in [1.807, 2.05) is 6.07 Å². The number of fused-ring (bicyclic) bond motifs is 2. The van der Waals surface area contributed by atoms with Gasteiger partial charge in [0.1, 0.15) is 5.00 Å². The molecule has 4 rings (SSSR count). The van der Waals surface area contributed by atoms with Crippen molar-refractivity contribution < 1.29 is 4.74 Å². The van der Waals surface area contributed by atoms with E-state index in [0.29, 0.717) is 0 Å². The molecule has 0 atom stereocenters. The van der Waals surface area contributed by atoms with Gasteiger partial charge in [0.2, 0.25) is 0 Å². The largest absolute Gasteiger partial charge is 0.452 e. The van der Waals surface area contributed by atoms with Crippen molar-refractivity contribution in [2.24, 2.45) is 0 Å². The van der Waals surface area contributed by atoms with Gasteiger partial charge in [0.15, 0.2) is 11.5 Å². The first kappa shape index (κ1) is 17.2. The van der Waals surface area contributed by atoms with E-state index >= 15 is 0 Å². The molecule has 0 fully saturated rings. The molecular weight excluding hydrogens is 338 g/mol. The zero-order chi connectivity index (χ0) is 18.6. The van der Waals surface area contributed by atoms with Crippen LogP contribution in [0, 0.1) is 20.8 Å². The van der Waals surface area contributed by atoms with Crippen LogP contribution in [0.4, 0.5) is 16.4 Å². The molecule has 1 aromatic heterocycles. The van der Waals surface area contributed by atoms with Crippen LogP contribution in [0.2, 0.25) is 0 Å². The predicted octanol–water partition coefficient (Wildman–Crippen LogP) is 7.55. The van der Waals surface area contributed by atoms with Gasteiger partial charge in [0, 0.05) is 5.56 Å². The number of nitrogens with zero attached hydrogens (tertiary/aromatic N) is 1. The van der Waals surface area contributed by atoms with Crippen LogP contribution in [-0.2, 0) is 5.41 Å². The number of rotatable bonds is 1. The van der Waals surface area contributed by atoms with Crippen LogP contribution in [0.5, 0.6) is 11.5 Å². The van der Waals surface area contributed by atoms with Crippen molar-refractivity contribution in [3.05, 3.63) is 64.0 Å². The highest BCUT2D eigenvalue weighted by atomic mass is 32.1. The molecule has 0 amide bonds. The summed E-state index contributed by atoms with van der Waals surface area (Å²) >= 11 is 1.75. The van der Waals surface area contributed by atoms with E-state index < -0.39 is 0 Å². The summed E-state index contributed by atoms with van der Waals surface area (Å²) in [7, 11) is 0. The Labute approximate surface area is 160 Å². The van der Waals surface area contributed by atoms with Crippen molar-refractivity contribution in [3.8, 4) is 11.5 Å². The second-order valence-corrected chi connectivity index (χ2v) is 9.02. The Kier molecular flexibility index (Phi) is 3.89. The van der Waals surface area contributed by atoms with Gasteiger partial charge in [-0.15, -0.1) is 11.3 Å². The van der Waals surface area contributed by atoms with Gasteiger partial charge < -0.3 is 4.74 Å². The van der Waals surface area contributed by atoms with Crippen LogP contribution in [0.3, 0.4) is 0 Å². The van der Waals surface area contributed by atoms with Crippen LogP contribution in [0.1, 0.15) is 43.0 Å². The minimum absolute atomic E-state index is 0.141. The summed E-state index contributed by atoms with van der Waals surface area (Å²) in [5.41, 5.74) is 7.66. The Morgan fingerprint density at radius 3 is 2.23 bits per heavy atom. The maximum Gasteiger partial charge on any atom is 0.165 e. The maximum atomic E-state index is 6.23. The number of ether oxygens (including phenoxy) is 1. The summed E-state index contributed by atoms with van der Waals surface area (Å²) in [6.07, 6.45) is 0. The Morgan fingerprint density at radius 1 is 0.923 bits per heavy atom. The Bertz CT molecular complexity index is 971. The van der Waals surface area contributed by atoms with Gasteiger partial charge in [-0.05, 0) is 60.4 Å². The van der Waals surface area contributed by atoms with Gasteiger partial charge in [0.05, 0.1) is 11.4 Å². The highest BCUT2D eigenvalue weighted by Gasteiger charge is 2.30. The molecule has 0 saturated carbocycles. The second kappa shape index (κ2) is 5.88. The van der Waals surface area contributed by atoms with E-state index in [4.69, 9.17) is 4.74 Å². The molecule has 3 heteroatoms. The molecule has 0 bridgehead atoms. The number of hydrogen-bond donors (Lipinski definition) is 0. The molecule has 0 aliphatic carbocycles. The van der Waals surface area contributed by atoms with Crippen molar-refractivity contribution in [2.75, 3.05) is 4.90 Å². The summed E-state index contributed by atoms with van der Waals surface area (Å²) in [4.78, 5) is 2.38. The fourth-order valence-electron chi connectivity index (χ4n) is 3.61. The van der Waals surface area contributed by atoms with Crippen LogP contribution >= 0.6 is 11.3 Å². The monoisotopic (exact) mass is 363 g/mol. The third-order valence-corrected chi connectivity index (χ3v) is 6.06. The molecule has 0 saturated heterocycles. The molecule has 2 nitrogen and oxygen atoms in total. The molecule has 26 heavy (non-hydrogen) atoms. The van der Waals surface area contributed by atoms with E-state index in [1.165, 1.54) is 27.9 Å². The van der Waals surface area contributed by atoms with E-state index in [9.17, 15) is 0 Å². The lowest BCUT2D eigenvalue weighted by atomic mass is 9.84. The van der Waals surface area contributed by atoms with Crippen LogP contribution in [-0.4, -0.2) is 0 Å². The summed E-state index contributed by atoms with van der Waals surface area (Å²) in [6.45, 7) is 13.4. The molecule has 1 aliphatic heterocycles. The van der Waals surface area contributed by atoms with E-state index in [0.717, 1.165) is 22.2 Å². The number of aryl methyl sites for hydroxylation is 3. The molecule has 0 unspecified atom stereocenters. The predicted molar refractivity (Wildman–Crippen MR) is 112 cm³/mol. The Balaban J connectivity index is 1.97. The van der Waals surface area contributed by atoms with Crippen LogP contribution in [0.25, 0.3) is 0 Å². The first-order chi connectivity index (χ1) is 12.3. The van der Waals surface area contributed by atoms with Gasteiger partial charge in [-0.3, -0.25) is 4.90 Å². The summed E-state index contributed by atoms with van der Waals surface area (Å²) in [6, 6.07) is 13.0. The standard InChI is InChI=1S/C23H25NOS/c1-14-11-17(23(4,5)6)12-15(2)20(14)24-18-9-7-8-10-19(18)25-21-16(3)13-26-22(21)24/h7-13H,1-6H3. The van der Waals surface area contributed by atoms with Crippen molar-refractivity contribution >= 4 is 27.7 Å². The smallest absolute Gasteiger partial charge is 0.165 e. The van der Waals surface area contributed by atoms with E-state index in [-0.39, 0.29) is 5.41 Å². The van der Waals surface area contributed by atoms with Gasteiger partial charge in [-0.2, -0.15) is 0 Å². The van der Waals surface area contributed by atoms with Crippen molar-refractivity contribution in [2.45, 2.75) is 47.0 Å². The summed E-state index contributed by atoms with van der Waals surface area (Å²) in [5.74, 6) is 1.90. The lowest BCUT2D eigenvalue weighted by Gasteiger charge is -2.34. The quantitative estimate of drug-likeness (QED) is 0.346. The number of para-hydroxylation sites is 2. The number of benzene rings is 2. The van der Waals surface area contributed by atoms with Gasteiger partial charge in [0.25, 0.3) is 0 Å². The fraction of sp³-hybridized carbons (Fsp3) is 0.304. The molecule has 0 spiro atoms. The lowest BCUT2D eigenvalue weighted by molar-refractivity contribution is 0.476. The third-order valence-electron chi connectivity index (χ3n) is 5.00. The normalized spacial score (nSPS) is 13.2. The zero-order valence-corrected chi connectivity index (χ0v) is 17.1. The van der Waals surface area contributed by atoms with Crippen molar-refractivity contribution in [1.29, 1.82) is 0 Å². The first-order valence-corrected chi connectivity index (χ1v) is 9.92. The summed E-state index contributed by atoms with van der Waals surface area (Å²) < 4.78 is 6.23. The van der Waals surface area contributed by atoms with Gasteiger partial charge in [-0.25, -0.2) is 0 Å². The molecule has 2 heterocycles. The zero-order valence-electron chi connectivity index (χ0n) is 16.3. The fourth-order valence-corrected chi connectivity index (χ4v) is 4.61. The topological polar surface area (TPSA) is 12.5 Å². The number of hydrogen-bond acceptors (Lipinski definition) is 3. The third kappa shape index (κ3) is 2.62.